The third kappa shape index (κ3) is 6.78. The molecule has 4 heterocycles. The number of rotatable bonds is 5. The van der Waals surface area contributed by atoms with Crippen molar-refractivity contribution in [1.82, 2.24) is 36.0 Å². The van der Waals surface area contributed by atoms with Gasteiger partial charge in [-0.15, -0.1) is 0 Å². The fourth-order valence-electron chi connectivity index (χ4n) is 5.00. The number of benzene rings is 1. The number of para-hydroxylation sites is 1. The van der Waals surface area contributed by atoms with Crippen LogP contribution in [0.1, 0.15) is 37.5 Å². The molecule has 1 fully saturated rings. The van der Waals surface area contributed by atoms with E-state index in [1.54, 1.807) is 13.1 Å². The molecule has 210 valence electrons. The quantitative estimate of drug-likeness (QED) is 0.260. The third-order valence-corrected chi connectivity index (χ3v) is 7.14. The lowest BCUT2D eigenvalue weighted by atomic mass is 10.0. The van der Waals surface area contributed by atoms with Crippen molar-refractivity contribution in [2.24, 2.45) is 0 Å². The summed E-state index contributed by atoms with van der Waals surface area (Å²) in [7, 11) is 0. The predicted octanol–water partition coefficient (Wildman–Crippen LogP) is 2.49. The van der Waals surface area contributed by atoms with Gasteiger partial charge in [0.05, 0.1) is 6.54 Å². The maximum absolute atomic E-state index is 13.3. The van der Waals surface area contributed by atoms with Crippen LogP contribution in [-0.4, -0.2) is 69.5 Å². The summed E-state index contributed by atoms with van der Waals surface area (Å²) in [6.45, 7) is 4.04. The van der Waals surface area contributed by atoms with Crippen LogP contribution in [0, 0.1) is 0 Å². The Morgan fingerprint density at radius 2 is 1.85 bits per heavy atom. The molecule has 3 aromatic heterocycles. The normalized spacial score (nSPS) is 20.4. The number of furan rings is 1. The van der Waals surface area contributed by atoms with Gasteiger partial charge < -0.3 is 25.4 Å². The molecule has 11 nitrogen and oxygen atoms in total. The fraction of sp³-hybridized carbons (Fsp3) is 0.379. The zero-order chi connectivity index (χ0) is 27.9. The zero-order valence-corrected chi connectivity index (χ0v) is 22.5. The van der Waals surface area contributed by atoms with Crippen molar-refractivity contribution in [2.45, 2.75) is 51.2 Å². The van der Waals surface area contributed by atoms with Crippen LogP contribution in [-0.2, 0) is 27.3 Å². The van der Waals surface area contributed by atoms with E-state index < -0.39 is 18.0 Å². The highest BCUT2D eigenvalue weighted by Crippen LogP contribution is 2.21. The van der Waals surface area contributed by atoms with Crippen LogP contribution in [0.4, 0.5) is 0 Å². The van der Waals surface area contributed by atoms with Crippen LogP contribution >= 0.6 is 0 Å². The topological polar surface area (TPSA) is 148 Å². The molecule has 5 N–H and O–H groups in total. The van der Waals surface area contributed by atoms with Gasteiger partial charge in [0.15, 0.2) is 5.76 Å². The molecule has 0 spiro atoms. The third-order valence-electron chi connectivity index (χ3n) is 7.14. The van der Waals surface area contributed by atoms with E-state index in [1.807, 2.05) is 48.7 Å². The molecule has 1 saturated heterocycles. The van der Waals surface area contributed by atoms with Crippen molar-refractivity contribution in [2.75, 3.05) is 19.6 Å². The summed E-state index contributed by atoms with van der Waals surface area (Å²) in [5.41, 5.74) is 2.71. The van der Waals surface area contributed by atoms with E-state index in [1.165, 1.54) is 0 Å². The molecule has 1 aromatic carbocycles. The zero-order valence-electron chi connectivity index (χ0n) is 22.5. The van der Waals surface area contributed by atoms with Crippen molar-refractivity contribution in [3.8, 4) is 11.5 Å². The first-order valence-electron chi connectivity index (χ1n) is 13.7. The predicted molar refractivity (Wildman–Crippen MR) is 150 cm³/mol. The summed E-state index contributed by atoms with van der Waals surface area (Å²) in [5, 5.41) is 16.5. The Balaban J connectivity index is 1.27. The van der Waals surface area contributed by atoms with Gasteiger partial charge in [-0.25, -0.2) is 0 Å². The number of carbonyl (C=O) groups is 3. The van der Waals surface area contributed by atoms with E-state index in [0.717, 1.165) is 27.9 Å². The summed E-state index contributed by atoms with van der Waals surface area (Å²) in [6, 6.07) is 12.0. The standard InChI is InChI=1S/C29H35N7O4/c1-19-28(38)34-25(16-20-17-31-23-7-3-2-6-22(20)23)29(39)30-12-5-15-36(14-4-8-27(37)33-19)18-21-9-10-26(40-21)24-11-13-32-35-24/h2-3,6-7,9-11,13,17,19,25,31H,4-5,8,12,14-16,18H2,1H3,(H,30,39)(H,32,35)(H,33,37)(H,34,38)/t19-,25+/m0/s1. The van der Waals surface area contributed by atoms with Crippen LogP contribution in [0.25, 0.3) is 22.4 Å². The van der Waals surface area contributed by atoms with Gasteiger partial charge in [0.1, 0.15) is 23.5 Å². The Bertz CT molecular complexity index is 1440. The number of amides is 3. The Morgan fingerprint density at radius 1 is 1.00 bits per heavy atom. The second-order valence-corrected chi connectivity index (χ2v) is 10.2. The largest absolute Gasteiger partial charge is 0.458 e. The molecular formula is C29H35N7O4. The van der Waals surface area contributed by atoms with Gasteiger partial charge in [-0.3, -0.25) is 24.4 Å². The van der Waals surface area contributed by atoms with Gasteiger partial charge in [0.2, 0.25) is 17.7 Å². The summed E-state index contributed by atoms with van der Waals surface area (Å²) >= 11 is 0. The van der Waals surface area contributed by atoms with E-state index >= 15 is 0 Å². The average molecular weight is 546 g/mol. The molecule has 0 aliphatic carbocycles. The number of hydrogen-bond donors (Lipinski definition) is 5. The molecule has 0 radical (unpaired) electrons. The van der Waals surface area contributed by atoms with Gasteiger partial charge in [-0.05, 0) is 56.1 Å². The maximum Gasteiger partial charge on any atom is 0.242 e. The molecule has 1 aliphatic rings. The van der Waals surface area contributed by atoms with Gasteiger partial charge in [-0.1, -0.05) is 18.2 Å². The molecule has 11 heteroatoms. The molecule has 0 bridgehead atoms. The number of fused-ring (bicyclic) bond motifs is 1. The summed E-state index contributed by atoms with van der Waals surface area (Å²) in [6.07, 6.45) is 5.50. The van der Waals surface area contributed by atoms with Gasteiger partial charge in [0.25, 0.3) is 0 Å². The van der Waals surface area contributed by atoms with Crippen molar-refractivity contribution < 1.29 is 18.8 Å². The number of aromatic amines is 2. The van der Waals surface area contributed by atoms with Crippen LogP contribution in [0.2, 0.25) is 0 Å². The Labute approximate surface area is 232 Å². The van der Waals surface area contributed by atoms with Crippen LogP contribution in [0.5, 0.6) is 0 Å². The molecule has 0 saturated carbocycles. The summed E-state index contributed by atoms with van der Waals surface area (Å²) < 4.78 is 6.00. The molecule has 4 aromatic rings. The monoisotopic (exact) mass is 545 g/mol. The summed E-state index contributed by atoms with van der Waals surface area (Å²) in [5.74, 6) is 0.669. The van der Waals surface area contributed by atoms with E-state index in [4.69, 9.17) is 4.42 Å². The Hall–Kier alpha value is -4.38. The Kier molecular flexibility index (Phi) is 8.60. The lowest BCUT2D eigenvalue weighted by Gasteiger charge is -2.22. The second kappa shape index (κ2) is 12.6. The van der Waals surface area contributed by atoms with Crippen molar-refractivity contribution in [3.63, 3.8) is 0 Å². The molecule has 0 unspecified atom stereocenters. The van der Waals surface area contributed by atoms with E-state index in [9.17, 15) is 14.4 Å². The molecule has 3 amide bonds. The number of nitrogens with one attached hydrogen (secondary N) is 5. The minimum Gasteiger partial charge on any atom is -0.458 e. The highest BCUT2D eigenvalue weighted by molar-refractivity contribution is 5.92. The van der Waals surface area contributed by atoms with Crippen LogP contribution in [0.15, 0.2) is 59.3 Å². The van der Waals surface area contributed by atoms with Gasteiger partial charge in [0, 0.05) is 49.2 Å². The molecule has 40 heavy (non-hydrogen) atoms. The summed E-state index contributed by atoms with van der Waals surface area (Å²) in [4.78, 5) is 44.2. The first-order chi connectivity index (χ1) is 19.5. The lowest BCUT2D eigenvalue weighted by molar-refractivity contribution is -0.131. The van der Waals surface area contributed by atoms with E-state index in [0.29, 0.717) is 57.6 Å². The highest BCUT2D eigenvalue weighted by atomic mass is 16.3. The fourth-order valence-corrected chi connectivity index (χ4v) is 5.00. The number of hydrogen-bond acceptors (Lipinski definition) is 6. The minimum atomic E-state index is -0.781. The van der Waals surface area contributed by atoms with Crippen LogP contribution < -0.4 is 16.0 Å². The van der Waals surface area contributed by atoms with E-state index in [-0.39, 0.29) is 11.8 Å². The minimum absolute atomic E-state index is 0.199. The number of nitrogens with zero attached hydrogens (tertiary/aromatic N) is 2. The van der Waals surface area contributed by atoms with E-state index in [2.05, 4.69) is 36.0 Å². The van der Waals surface area contributed by atoms with Crippen LogP contribution in [0.3, 0.4) is 0 Å². The first-order valence-corrected chi connectivity index (χ1v) is 13.7. The van der Waals surface area contributed by atoms with Crippen molar-refractivity contribution >= 4 is 28.6 Å². The maximum atomic E-state index is 13.3. The smallest absolute Gasteiger partial charge is 0.242 e. The van der Waals surface area contributed by atoms with Gasteiger partial charge in [-0.2, -0.15) is 5.10 Å². The second-order valence-electron chi connectivity index (χ2n) is 10.2. The SMILES string of the molecule is C[C@@H]1NC(=O)CCCN(Cc2ccc(-c3ccn[nH]3)o2)CCCNC(=O)[C@@H](Cc2c[nH]c3ccccc23)NC1=O. The number of aromatic nitrogens is 3. The molecule has 2 atom stereocenters. The first kappa shape index (κ1) is 27.2. The van der Waals surface area contributed by atoms with Crippen molar-refractivity contribution in [1.29, 1.82) is 0 Å². The average Bonchev–Trinajstić information content (AvgIpc) is 3.71. The lowest BCUT2D eigenvalue weighted by Crippen LogP contribution is -2.53. The Morgan fingerprint density at radius 3 is 2.70 bits per heavy atom. The number of H-pyrrole nitrogens is 2. The highest BCUT2D eigenvalue weighted by Gasteiger charge is 2.26. The molecular weight excluding hydrogens is 510 g/mol. The number of carbonyl (C=O) groups excluding carboxylic acids is 3. The molecule has 1 aliphatic heterocycles. The van der Waals surface area contributed by atoms with Crippen molar-refractivity contribution in [3.05, 3.63) is 66.2 Å². The molecule has 5 rings (SSSR count). The van der Waals surface area contributed by atoms with Gasteiger partial charge >= 0.3 is 0 Å².